The van der Waals surface area contributed by atoms with E-state index in [1.807, 2.05) is 59.5 Å². The summed E-state index contributed by atoms with van der Waals surface area (Å²) in [6, 6.07) is 22.7. The lowest BCUT2D eigenvalue weighted by Gasteiger charge is -2.23. The van der Waals surface area contributed by atoms with Crippen molar-refractivity contribution in [3.8, 4) is 5.75 Å². The molecular formula is C32H38ClNO4. The topological polar surface area (TPSA) is 55.8 Å². The van der Waals surface area contributed by atoms with Gasteiger partial charge < -0.3 is 14.4 Å². The largest absolute Gasteiger partial charge is 0.488 e. The van der Waals surface area contributed by atoms with Gasteiger partial charge in [0, 0.05) is 18.1 Å². The highest BCUT2D eigenvalue weighted by atomic mass is 35.5. The molecular weight excluding hydrogens is 498 g/mol. The normalized spacial score (nSPS) is 10.7. The van der Waals surface area contributed by atoms with Crippen LogP contribution in [0.4, 0.5) is 0 Å². The molecule has 0 aliphatic heterocycles. The Balaban J connectivity index is 1.57. The maximum Gasteiger partial charge on any atom is 0.341 e. The van der Waals surface area contributed by atoms with Gasteiger partial charge in [0.2, 0.25) is 5.91 Å². The van der Waals surface area contributed by atoms with E-state index in [4.69, 9.17) is 21.1 Å². The van der Waals surface area contributed by atoms with Crippen LogP contribution in [-0.2, 0) is 29.0 Å². The molecule has 202 valence electrons. The molecule has 0 saturated heterocycles. The second-order valence-corrected chi connectivity index (χ2v) is 9.88. The highest BCUT2D eigenvalue weighted by Crippen LogP contribution is 2.20. The zero-order valence-electron chi connectivity index (χ0n) is 22.5. The van der Waals surface area contributed by atoms with Crippen LogP contribution in [0, 0.1) is 0 Å². The van der Waals surface area contributed by atoms with Crippen molar-refractivity contribution in [1.82, 2.24) is 4.90 Å². The number of esters is 1. The van der Waals surface area contributed by atoms with E-state index in [1.54, 1.807) is 18.2 Å². The number of ether oxygens (including phenoxy) is 2. The van der Waals surface area contributed by atoms with E-state index in [1.165, 1.54) is 31.9 Å². The molecule has 0 unspecified atom stereocenters. The number of unbranched alkanes of at least 4 members (excludes halogenated alkanes) is 4. The first-order chi connectivity index (χ1) is 18.5. The SMILES string of the molecule is CCCCCCCN(CCc1ccc(Cl)cc1)C(=O)Cc1ccc(COc2ccccc2C(=O)OC)cc1. The van der Waals surface area contributed by atoms with Crippen LogP contribution in [0.2, 0.25) is 5.02 Å². The molecule has 0 atom stereocenters. The van der Waals surface area contributed by atoms with Gasteiger partial charge in [-0.3, -0.25) is 4.79 Å². The molecule has 0 radical (unpaired) electrons. The van der Waals surface area contributed by atoms with E-state index in [0.29, 0.717) is 30.9 Å². The summed E-state index contributed by atoms with van der Waals surface area (Å²) in [7, 11) is 1.35. The van der Waals surface area contributed by atoms with Crippen LogP contribution in [0.5, 0.6) is 5.75 Å². The summed E-state index contributed by atoms with van der Waals surface area (Å²) in [5.41, 5.74) is 3.49. The van der Waals surface area contributed by atoms with Crippen LogP contribution in [0.3, 0.4) is 0 Å². The zero-order valence-corrected chi connectivity index (χ0v) is 23.2. The number of hydrogen-bond donors (Lipinski definition) is 0. The Kier molecular flexibility index (Phi) is 12.2. The molecule has 0 aromatic heterocycles. The number of nitrogens with zero attached hydrogens (tertiary/aromatic N) is 1. The number of carbonyl (C=O) groups excluding carboxylic acids is 2. The third-order valence-electron chi connectivity index (χ3n) is 6.53. The summed E-state index contributed by atoms with van der Waals surface area (Å²) in [6.07, 6.45) is 7.00. The van der Waals surface area contributed by atoms with Crippen LogP contribution < -0.4 is 4.74 Å². The molecule has 0 heterocycles. The molecule has 0 saturated carbocycles. The second kappa shape index (κ2) is 15.8. The van der Waals surface area contributed by atoms with Crippen molar-refractivity contribution in [3.05, 3.63) is 100 Å². The van der Waals surface area contributed by atoms with Gasteiger partial charge in [0.25, 0.3) is 0 Å². The van der Waals surface area contributed by atoms with Gasteiger partial charge in [-0.25, -0.2) is 4.79 Å². The summed E-state index contributed by atoms with van der Waals surface area (Å²) in [4.78, 5) is 27.2. The molecule has 5 nitrogen and oxygen atoms in total. The minimum Gasteiger partial charge on any atom is -0.488 e. The fourth-order valence-corrected chi connectivity index (χ4v) is 4.38. The van der Waals surface area contributed by atoms with Gasteiger partial charge in [-0.05, 0) is 53.8 Å². The van der Waals surface area contributed by atoms with Gasteiger partial charge in [0.15, 0.2) is 0 Å². The lowest BCUT2D eigenvalue weighted by atomic mass is 10.1. The number of halogens is 1. The molecule has 3 aromatic rings. The van der Waals surface area contributed by atoms with E-state index >= 15 is 0 Å². The first kappa shape index (κ1) is 29.2. The Bertz CT molecular complexity index is 1140. The molecule has 38 heavy (non-hydrogen) atoms. The average molecular weight is 536 g/mol. The molecule has 0 aliphatic rings. The van der Waals surface area contributed by atoms with Crippen molar-refractivity contribution in [3.63, 3.8) is 0 Å². The van der Waals surface area contributed by atoms with Gasteiger partial charge in [-0.1, -0.05) is 92.7 Å². The van der Waals surface area contributed by atoms with Crippen LogP contribution in [0.15, 0.2) is 72.8 Å². The van der Waals surface area contributed by atoms with Gasteiger partial charge in [0.05, 0.1) is 13.5 Å². The summed E-state index contributed by atoms with van der Waals surface area (Å²) in [5.74, 6) is 0.194. The summed E-state index contributed by atoms with van der Waals surface area (Å²) in [5, 5.41) is 0.721. The predicted octanol–water partition coefficient (Wildman–Crippen LogP) is 7.29. The Hall–Kier alpha value is -3.31. The Morgan fingerprint density at radius 1 is 0.789 bits per heavy atom. The van der Waals surface area contributed by atoms with Crippen molar-refractivity contribution in [2.24, 2.45) is 0 Å². The summed E-state index contributed by atoms with van der Waals surface area (Å²) in [6.45, 7) is 4.00. The van der Waals surface area contributed by atoms with E-state index in [0.717, 1.165) is 42.0 Å². The highest BCUT2D eigenvalue weighted by Gasteiger charge is 2.15. The van der Waals surface area contributed by atoms with Crippen molar-refractivity contribution >= 4 is 23.5 Å². The van der Waals surface area contributed by atoms with Crippen LogP contribution in [0.25, 0.3) is 0 Å². The molecule has 0 aliphatic carbocycles. The van der Waals surface area contributed by atoms with Crippen molar-refractivity contribution in [1.29, 1.82) is 0 Å². The number of para-hydroxylation sites is 1. The van der Waals surface area contributed by atoms with Crippen molar-refractivity contribution < 1.29 is 19.1 Å². The summed E-state index contributed by atoms with van der Waals surface area (Å²) < 4.78 is 10.7. The van der Waals surface area contributed by atoms with Gasteiger partial charge in [0.1, 0.15) is 17.9 Å². The maximum absolute atomic E-state index is 13.3. The van der Waals surface area contributed by atoms with Gasteiger partial charge in [-0.15, -0.1) is 0 Å². The zero-order chi connectivity index (χ0) is 27.2. The monoisotopic (exact) mass is 535 g/mol. The average Bonchev–Trinajstić information content (AvgIpc) is 2.94. The van der Waals surface area contributed by atoms with Crippen LogP contribution in [0.1, 0.15) is 66.1 Å². The van der Waals surface area contributed by atoms with Crippen LogP contribution in [-0.4, -0.2) is 37.0 Å². The Morgan fingerprint density at radius 2 is 1.45 bits per heavy atom. The predicted molar refractivity (Wildman–Crippen MR) is 153 cm³/mol. The molecule has 3 rings (SSSR count). The van der Waals surface area contributed by atoms with Crippen molar-refractivity contribution in [2.75, 3.05) is 20.2 Å². The van der Waals surface area contributed by atoms with E-state index in [9.17, 15) is 9.59 Å². The van der Waals surface area contributed by atoms with Gasteiger partial charge >= 0.3 is 5.97 Å². The molecule has 1 amide bonds. The van der Waals surface area contributed by atoms with E-state index in [-0.39, 0.29) is 5.91 Å². The number of methoxy groups -OCH3 is 1. The summed E-state index contributed by atoms with van der Waals surface area (Å²) >= 11 is 6.02. The number of carbonyl (C=O) groups is 2. The van der Waals surface area contributed by atoms with Gasteiger partial charge in [-0.2, -0.15) is 0 Å². The quantitative estimate of drug-likeness (QED) is 0.151. The highest BCUT2D eigenvalue weighted by molar-refractivity contribution is 6.30. The first-order valence-electron chi connectivity index (χ1n) is 13.4. The minimum absolute atomic E-state index is 0.144. The molecule has 0 fully saturated rings. The third kappa shape index (κ3) is 9.53. The second-order valence-electron chi connectivity index (χ2n) is 9.44. The lowest BCUT2D eigenvalue weighted by Crippen LogP contribution is -2.35. The van der Waals surface area contributed by atoms with Crippen molar-refractivity contribution in [2.45, 2.75) is 58.5 Å². The fraction of sp³-hybridized carbons (Fsp3) is 0.375. The number of benzene rings is 3. The Morgan fingerprint density at radius 3 is 2.16 bits per heavy atom. The third-order valence-corrected chi connectivity index (χ3v) is 6.78. The van der Waals surface area contributed by atoms with Crippen LogP contribution >= 0.6 is 11.6 Å². The molecule has 0 spiro atoms. The Labute approximate surface area is 231 Å². The minimum atomic E-state index is -0.430. The maximum atomic E-state index is 13.3. The fourth-order valence-electron chi connectivity index (χ4n) is 4.25. The number of rotatable bonds is 15. The number of hydrogen-bond acceptors (Lipinski definition) is 4. The molecule has 0 bridgehead atoms. The molecule has 0 N–H and O–H groups in total. The lowest BCUT2D eigenvalue weighted by molar-refractivity contribution is -0.130. The van der Waals surface area contributed by atoms with E-state index < -0.39 is 5.97 Å². The standard InChI is InChI=1S/C32H38ClNO4/c1-3-4-5-6-9-21-34(22-20-25-16-18-28(33)19-17-25)31(35)23-26-12-14-27(15-13-26)24-38-30-11-8-7-10-29(30)32(36)37-2/h7-8,10-19H,3-6,9,20-24H2,1-2H3. The van der Waals surface area contributed by atoms with E-state index in [2.05, 4.69) is 6.92 Å². The molecule has 3 aromatic carbocycles. The number of amides is 1. The first-order valence-corrected chi connectivity index (χ1v) is 13.8. The smallest absolute Gasteiger partial charge is 0.341 e. The molecule has 6 heteroatoms.